The molecule has 0 unspecified atom stereocenters. The molecule has 0 amide bonds. The lowest BCUT2D eigenvalue weighted by Crippen LogP contribution is -2.69. The SMILES string of the molecule is Cc1ncc(CO[O-])c(C=[NH+]CCC(C)(C)C)c1O. The van der Waals surface area contributed by atoms with Crippen LogP contribution in [0.1, 0.15) is 44.0 Å². The van der Waals surface area contributed by atoms with Crippen molar-refractivity contribution in [3.63, 3.8) is 0 Å². The summed E-state index contributed by atoms with van der Waals surface area (Å²) in [4.78, 5) is 11.0. The first-order valence-corrected chi connectivity index (χ1v) is 6.34. The Morgan fingerprint density at radius 2 is 2.16 bits per heavy atom. The molecule has 0 aliphatic carbocycles. The van der Waals surface area contributed by atoms with E-state index in [1.54, 1.807) is 19.3 Å². The van der Waals surface area contributed by atoms with Gasteiger partial charge in [0.2, 0.25) is 0 Å². The van der Waals surface area contributed by atoms with Crippen LogP contribution >= 0.6 is 0 Å². The van der Waals surface area contributed by atoms with Gasteiger partial charge in [0.1, 0.15) is 12.3 Å². The van der Waals surface area contributed by atoms with Crippen molar-refractivity contribution in [1.82, 2.24) is 4.98 Å². The van der Waals surface area contributed by atoms with Crippen LogP contribution in [-0.2, 0) is 11.5 Å². The van der Waals surface area contributed by atoms with Crippen molar-refractivity contribution in [1.29, 1.82) is 0 Å². The highest BCUT2D eigenvalue weighted by Gasteiger charge is 2.13. The van der Waals surface area contributed by atoms with E-state index in [-0.39, 0.29) is 17.8 Å². The molecule has 0 aromatic carbocycles. The van der Waals surface area contributed by atoms with Gasteiger partial charge in [0.05, 0.1) is 17.9 Å². The summed E-state index contributed by atoms with van der Waals surface area (Å²) in [6.45, 7) is 8.89. The van der Waals surface area contributed by atoms with Crippen molar-refractivity contribution >= 4 is 6.21 Å². The molecule has 0 fully saturated rings. The largest absolute Gasteiger partial charge is 0.723 e. The maximum absolute atomic E-state index is 10.3. The van der Waals surface area contributed by atoms with E-state index in [4.69, 9.17) is 0 Å². The Kier molecular flexibility index (Phi) is 5.44. The number of nitrogens with zero attached hydrogens (tertiary/aromatic N) is 1. The molecule has 5 heteroatoms. The average molecular weight is 266 g/mol. The van der Waals surface area contributed by atoms with Gasteiger partial charge in [-0.05, 0) is 12.3 Å². The number of aromatic nitrogens is 1. The molecule has 0 saturated carbocycles. The molecule has 0 atom stereocenters. The number of aromatic hydroxyl groups is 1. The van der Waals surface area contributed by atoms with Crippen molar-refractivity contribution in [3.05, 3.63) is 23.0 Å². The summed E-state index contributed by atoms with van der Waals surface area (Å²) in [5, 5.41) is 20.2. The van der Waals surface area contributed by atoms with Crippen LogP contribution in [0.2, 0.25) is 0 Å². The smallest absolute Gasteiger partial charge is 0.173 e. The van der Waals surface area contributed by atoms with E-state index >= 15 is 0 Å². The van der Waals surface area contributed by atoms with Crippen molar-refractivity contribution in [2.45, 2.75) is 40.7 Å². The van der Waals surface area contributed by atoms with Gasteiger partial charge in [-0.15, -0.1) is 0 Å². The topological polar surface area (TPSA) is 79.4 Å². The molecule has 1 heterocycles. The van der Waals surface area contributed by atoms with Gasteiger partial charge in [0.25, 0.3) is 0 Å². The highest BCUT2D eigenvalue weighted by atomic mass is 17.1. The molecule has 0 bridgehead atoms. The normalized spacial score (nSPS) is 12.3. The summed E-state index contributed by atoms with van der Waals surface area (Å²) in [6.07, 6.45) is 4.26. The van der Waals surface area contributed by atoms with Gasteiger partial charge >= 0.3 is 0 Å². The van der Waals surface area contributed by atoms with Crippen LogP contribution in [0.5, 0.6) is 5.75 Å². The molecule has 5 nitrogen and oxygen atoms in total. The fourth-order valence-corrected chi connectivity index (χ4v) is 1.61. The summed E-state index contributed by atoms with van der Waals surface area (Å²) in [7, 11) is 0. The zero-order valence-corrected chi connectivity index (χ0v) is 12.0. The van der Waals surface area contributed by atoms with E-state index in [2.05, 4.69) is 35.6 Å². The summed E-state index contributed by atoms with van der Waals surface area (Å²) in [6, 6.07) is 0. The van der Waals surface area contributed by atoms with E-state index < -0.39 is 0 Å². The van der Waals surface area contributed by atoms with Gasteiger partial charge < -0.3 is 15.3 Å². The molecule has 0 aliphatic heterocycles. The first-order chi connectivity index (χ1) is 8.85. The predicted octanol–water partition coefficient (Wildman–Crippen LogP) is -0.177. The second-order valence-electron chi connectivity index (χ2n) is 5.80. The molecule has 0 aliphatic rings. The Hall–Kier alpha value is -1.46. The Morgan fingerprint density at radius 1 is 1.47 bits per heavy atom. The van der Waals surface area contributed by atoms with Crippen LogP contribution in [0, 0.1) is 12.3 Å². The number of pyridine rings is 1. The quantitative estimate of drug-likeness (QED) is 0.440. The zero-order chi connectivity index (χ0) is 14.5. The molecule has 2 N–H and O–H groups in total. The predicted molar refractivity (Wildman–Crippen MR) is 70.5 cm³/mol. The lowest BCUT2D eigenvalue weighted by atomic mass is 9.92. The van der Waals surface area contributed by atoms with Crippen LogP contribution in [-0.4, -0.2) is 22.8 Å². The molecule has 0 radical (unpaired) electrons. The molecular formula is C14H22N2O3. The number of hydrogen-bond acceptors (Lipinski definition) is 4. The van der Waals surface area contributed by atoms with Crippen LogP contribution in [0.25, 0.3) is 0 Å². The average Bonchev–Trinajstić information content (AvgIpc) is 2.31. The van der Waals surface area contributed by atoms with Gasteiger partial charge in [-0.1, -0.05) is 20.8 Å². The minimum Gasteiger partial charge on any atom is -0.723 e. The van der Waals surface area contributed by atoms with Crippen molar-refractivity contribution in [2.75, 3.05) is 6.54 Å². The van der Waals surface area contributed by atoms with Crippen LogP contribution in [0.4, 0.5) is 0 Å². The highest BCUT2D eigenvalue weighted by molar-refractivity contribution is 5.81. The van der Waals surface area contributed by atoms with Gasteiger partial charge in [0, 0.05) is 18.2 Å². The van der Waals surface area contributed by atoms with Crippen LogP contribution in [0.3, 0.4) is 0 Å². The Bertz CT molecular complexity index is 451. The fraction of sp³-hybridized carbons (Fsp3) is 0.571. The molecule has 106 valence electrons. The summed E-state index contributed by atoms with van der Waals surface area (Å²) >= 11 is 0. The molecule has 1 aromatic heterocycles. The fourth-order valence-electron chi connectivity index (χ4n) is 1.61. The highest BCUT2D eigenvalue weighted by Crippen LogP contribution is 2.21. The lowest BCUT2D eigenvalue weighted by molar-refractivity contribution is -0.695. The lowest BCUT2D eigenvalue weighted by Gasteiger charge is -2.14. The molecule has 19 heavy (non-hydrogen) atoms. The summed E-state index contributed by atoms with van der Waals surface area (Å²) in [5.41, 5.74) is 1.91. The van der Waals surface area contributed by atoms with E-state index in [1.165, 1.54) is 0 Å². The van der Waals surface area contributed by atoms with E-state index in [0.717, 1.165) is 13.0 Å². The summed E-state index contributed by atoms with van der Waals surface area (Å²) in [5.74, 6) is 0.0813. The third-order valence-corrected chi connectivity index (χ3v) is 2.84. The standard InChI is InChI=1S/C14H22N2O3/c1-10-13(17)12(11(7-16-10)9-19-18)8-15-6-5-14(2,3)4/h7-8,17-18H,5-6,9H2,1-4H3. The van der Waals surface area contributed by atoms with Crippen molar-refractivity contribution < 1.29 is 20.2 Å². The number of hydrogen-bond donors (Lipinski definition) is 2. The maximum Gasteiger partial charge on any atom is 0.173 e. The number of aryl methyl sites for hydroxylation is 1. The van der Waals surface area contributed by atoms with Gasteiger partial charge in [0.15, 0.2) is 6.21 Å². The Labute approximate surface area is 113 Å². The van der Waals surface area contributed by atoms with Crippen molar-refractivity contribution in [2.24, 2.45) is 5.41 Å². The van der Waals surface area contributed by atoms with Crippen molar-refractivity contribution in [3.8, 4) is 5.75 Å². The minimum absolute atomic E-state index is 0.0813. The second kappa shape index (κ2) is 6.63. The van der Waals surface area contributed by atoms with Gasteiger partial charge in [-0.25, -0.2) is 4.99 Å². The summed E-state index contributed by atoms with van der Waals surface area (Å²) < 4.78 is 0. The maximum atomic E-state index is 10.3. The van der Waals surface area contributed by atoms with Crippen LogP contribution in [0.15, 0.2) is 6.20 Å². The first kappa shape index (κ1) is 15.6. The van der Waals surface area contributed by atoms with E-state index in [9.17, 15) is 10.4 Å². The molecule has 1 rings (SSSR count). The molecule has 1 aromatic rings. The number of rotatable bonds is 5. The van der Waals surface area contributed by atoms with Gasteiger partial charge in [-0.2, -0.15) is 0 Å². The van der Waals surface area contributed by atoms with Crippen LogP contribution < -0.4 is 10.2 Å². The third kappa shape index (κ3) is 4.96. The zero-order valence-electron chi connectivity index (χ0n) is 12.0. The Morgan fingerprint density at radius 3 is 2.74 bits per heavy atom. The third-order valence-electron chi connectivity index (χ3n) is 2.84. The molecule has 0 saturated heterocycles. The monoisotopic (exact) mass is 266 g/mol. The first-order valence-electron chi connectivity index (χ1n) is 6.34. The second-order valence-corrected chi connectivity index (χ2v) is 5.80. The van der Waals surface area contributed by atoms with E-state index in [0.29, 0.717) is 16.8 Å². The number of nitrogens with one attached hydrogen (secondary N) is 1. The van der Waals surface area contributed by atoms with E-state index in [1.807, 2.05) is 0 Å². The minimum atomic E-state index is -0.117. The Balaban J connectivity index is 2.86. The van der Waals surface area contributed by atoms with Gasteiger partial charge in [-0.3, -0.25) is 4.98 Å². The molecule has 0 spiro atoms. The molecular weight excluding hydrogens is 244 g/mol.